The Morgan fingerprint density at radius 3 is 1.64 bits per heavy atom. The van der Waals surface area contributed by atoms with Crippen LogP contribution < -0.4 is 0 Å². The number of allylic oxidation sites excluding steroid dienone is 4. The van der Waals surface area contributed by atoms with Gasteiger partial charge in [-0.05, 0) is 76.0 Å². The van der Waals surface area contributed by atoms with Crippen molar-refractivity contribution in [1.82, 2.24) is 0 Å². The first-order chi connectivity index (χ1) is 12.9. The predicted molar refractivity (Wildman–Crippen MR) is 114 cm³/mol. The van der Waals surface area contributed by atoms with Gasteiger partial charge in [0.2, 0.25) is 0 Å². The van der Waals surface area contributed by atoms with Crippen LogP contribution in [-0.2, 0) is 0 Å². The van der Waals surface area contributed by atoms with Crippen molar-refractivity contribution < 1.29 is 14.6 Å². The van der Waals surface area contributed by atoms with Crippen molar-refractivity contribution >= 4 is 0 Å². The largest absolute Gasteiger partial charge is 0.468 e. The molecule has 0 aromatic carbocycles. The van der Waals surface area contributed by atoms with E-state index < -0.39 is 11.2 Å². The van der Waals surface area contributed by atoms with Crippen LogP contribution in [0.15, 0.2) is 68.4 Å². The first kappa shape index (κ1) is 20.9. The maximum Gasteiger partial charge on any atom is 0.115 e. The average Bonchev–Trinajstić information content (AvgIpc) is 3.12. The molecular formula is C25H34O3. The number of aliphatic hydroxyl groups is 2. The van der Waals surface area contributed by atoms with Crippen molar-refractivity contribution in [2.45, 2.75) is 72.5 Å². The highest BCUT2D eigenvalue weighted by Crippen LogP contribution is 2.52. The maximum absolute atomic E-state index is 11.2. The van der Waals surface area contributed by atoms with Crippen LogP contribution in [0.2, 0.25) is 0 Å². The quantitative estimate of drug-likeness (QED) is 0.706. The lowest BCUT2D eigenvalue weighted by Gasteiger charge is -2.45. The third kappa shape index (κ3) is 3.05. The number of furan rings is 1. The molecule has 1 heterocycles. The summed E-state index contributed by atoms with van der Waals surface area (Å²) in [7, 11) is 0. The summed E-state index contributed by atoms with van der Waals surface area (Å²) < 4.78 is 5.91. The fourth-order valence-electron chi connectivity index (χ4n) is 4.96. The fourth-order valence-corrected chi connectivity index (χ4v) is 4.96. The zero-order chi connectivity index (χ0) is 21.0. The van der Waals surface area contributed by atoms with E-state index in [2.05, 4.69) is 39.8 Å². The van der Waals surface area contributed by atoms with E-state index >= 15 is 0 Å². The van der Waals surface area contributed by atoms with Crippen molar-refractivity contribution in [2.24, 2.45) is 11.8 Å². The first-order valence-corrected chi connectivity index (χ1v) is 10.2. The molecule has 3 rings (SSSR count). The zero-order valence-electron chi connectivity index (χ0n) is 18.4. The molecule has 3 heteroatoms. The van der Waals surface area contributed by atoms with Gasteiger partial charge >= 0.3 is 0 Å². The normalized spacial score (nSPS) is 35.1. The van der Waals surface area contributed by atoms with Crippen molar-refractivity contribution in [3.63, 3.8) is 0 Å². The maximum atomic E-state index is 11.2. The summed E-state index contributed by atoms with van der Waals surface area (Å²) in [5.74, 6) is 0.593. The smallest absolute Gasteiger partial charge is 0.115 e. The second-order valence-electron chi connectivity index (χ2n) is 9.12. The van der Waals surface area contributed by atoms with Gasteiger partial charge in [-0.15, -0.1) is 0 Å². The molecule has 4 atom stereocenters. The van der Waals surface area contributed by atoms with E-state index in [-0.39, 0.29) is 17.8 Å². The van der Waals surface area contributed by atoms with Gasteiger partial charge in [0, 0.05) is 11.8 Å². The van der Waals surface area contributed by atoms with Crippen molar-refractivity contribution in [2.75, 3.05) is 0 Å². The van der Waals surface area contributed by atoms with E-state index in [1.54, 1.807) is 6.26 Å². The molecule has 1 aromatic heterocycles. The Morgan fingerprint density at radius 1 is 0.857 bits per heavy atom. The summed E-state index contributed by atoms with van der Waals surface area (Å²) in [6.45, 7) is 16.2. The Morgan fingerprint density at radius 2 is 1.29 bits per heavy atom. The van der Waals surface area contributed by atoms with E-state index in [0.717, 1.165) is 39.2 Å². The molecule has 2 aliphatic carbocycles. The molecule has 0 amide bonds. The summed E-state index contributed by atoms with van der Waals surface area (Å²) in [5, 5.41) is 22.4. The minimum atomic E-state index is -0.916. The molecule has 1 aromatic rings. The predicted octanol–water partition coefficient (Wildman–Crippen LogP) is 5.69. The fraction of sp³-hybridized carbons (Fsp3) is 0.520. The Labute approximate surface area is 169 Å². The molecular weight excluding hydrogens is 348 g/mol. The zero-order valence-corrected chi connectivity index (χ0v) is 18.4. The third-order valence-electron chi connectivity index (χ3n) is 7.44. The Bertz CT molecular complexity index is 830. The van der Waals surface area contributed by atoms with Crippen LogP contribution >= 0.6 is 0 Å². The van der Waals surface area contributed by atoms with Crippen LogP contribution in [0.5, 0.6) is 0 Å². The molecule has 0 bridgehead atoms. The van der Waals surface area contributed by atoms with E-state index in [1.807, 2.05) is 39.8 Å². The second-order valence-corrected chi connectivity index (χ2v) is 9.12. The van der Waals surface area contributed by atoms with Gasteiger partial charge in [0.1, 0.15) is 5.76 Å². The minimum Gasteiger partial charge on any atom is -0.468 e. The van der Waals surface area contributed by atoms with Crippen molar-refractivity contribution in [3.8, 4) is 0 Å². The topological polar surface area (TPSA) is 53.6 Å². The molecule has 0 fully saturated rings. The molecule has 28 heavy (non-hydrogen) atoms. The summed E-state index contributed by atoms with van der Waals surface area (Å²) >= 11 is 0. The van der Waals surface area contributed by atoms with Gasteiger partial charge in [-0.1, -0.05) is 37.1 Å². The van der Waals surface area contributed by atoms with E-state index in [1.165, 1.54) is 0 Å². The average molecular weight is 383 g/mol. The SMILES string of the molecule is CC1=CC(C)=C(C(C2=C(C)C=C(C)C(C)(O)C2C)c2ccco2)C(C)C1(C)O. The van der Waals surface area contributed by atoms with Crippen LogP contribution in [-0.4, -0.2) is 21.4 Å². The van der Waals surface area contributed by atoms with Gasteiger partial charge in [0.25, 0.3) is 0 Å². The lowest BCUT2D eigenvalue weighted by atomic mass is 9.63. The third-order valence-corrected chi connectivity index (χ3v) is 7.44. The highest BCUT2D eigenvalue weighted by Gasteiger charge is 2.45. The van der Waals surface area contributed by atoms with Crippen molar-refractivity contribution in [3.05, 3.63) is 69.7 Å². The molecule has 4 unspecified atom stereocenters. The lowest BCUT2D eigenvalue weighted by molar-refractivity contribution is 0.0458. The molecule has 0 aliphatic heterocycles. The highest BCUT2D eigenvalue weighted by atomic mass is 16.3. The summed E-state index contributed by atoms with van der Waals surface area (Å²) in [4.78, 5) is 0. The molecule has 0 radical (unpaired) electrons. The number of hydrogen-bond donors (Lipinski definition) is 2. The Hall–Kier alpha value is -1.84. The summed E-state index contributed by atoms with van der Waals surface area (Å²) in [5.41, 5.74) is 4.77. The molecule has 2 N–H and O–H groups in total. The highest BCUT2D eigenvalue weighted by molar-refractivity contribution is 5.52. The van der Waals surface area contributed by atoms with Gasteiger partial charge in [0.05, 0.1) is 23.4 Å². The van der Waals surface area contributed by atoms with Gasteiger partial charge in [-0.3, -0.25) is 0 Å². The van der Waals surface area contributed by atoms with Crippen LogP contribution in [0, 0.1) is 11.8 Å². The van der Waals surface area contributed by atoms with Gasteiger partial charge in [0.15, 0.2) is 0 Å². The Balaban J connectivity index is 2.29. The molecule has 0 saturated heterocycles. The minimum absolute atomic E-state index is 0.0722. The van der Waals surface area contributed by atoms with E-state index in [0.29, 0.717) is 0 Å². The first-order valence-electron chi connectivity index (χ1n) is 10.2. The van der Waals surface area contributed by atoms with Crippen LogP contribution in [0.4, 0.5) is 0 Å². The van der Waals surface area contributed by atoms with Crippen LogP contribution in [0.25, 0.3) is 0 Å². The van der Waals surface area contributed by atoms with Gasteiger partial charge < -0.3 is 14.6 Å². The van der Waals surface area contributed by atoms with Crippen LogP contribution in [0.1, 0.15) is 67.1 Å². The van der Waals surface area contributed by atoms with Gasteiger partial charge in [-0.2, -0.15) is 0 Å². The summed E-state index contributed by atoms with van der Waals surface area (Å²) in [6.07, 6.45) is 5.88. The van der Waals surface area contributed by atoms with E-state index in [4.69, 9.17) is 4.42 Å². The molecule has 3 nitrogen and oxygen atoms in total. The lowest BCUT2D eigenvalue weighted by Crippen LogP contribution is -2.42. The molecule has 0 saturated carbocycles. The number of rotatable bonds is 3. The van der Waals surface area contributed by atoms with Crippen molar-refractivity contribution in [1.29, 1.82) is 0 Å². The molecule has 0 spiro atoms. The monoisotopic (exact) mass is 382 g/mol. The van der Waals surface area contributed by atoms with Gasteiger partial charge in [-0.25, -0.2) is 0 Å². The van der Waals surface area contributed by atoms with E-state index in [9.17, 15) is 10.2 Å². The molecule has 2 aliphatic rings. The second kappa shape index (κ2) is 6.89. The Kier molecular flexibility index (Phi) is 5.14. The summed E-state index contributed by atoms with van der Waals surface area (Å²) in [6, 6.07) is 3.91. The molecule has 152 valence electrons. The van der Waals surface area contributed by atoms with Crippen LogP contribution in [0.3, 0.4) is 0 Å². The number of hydrogen-bond acceptors (Lipinski definition) is 3. The standard InChI is InChI=1S/C25H34O3/c1-14-12-16(3)24(7,26)18(5)21(14)23(20-10-9-11-28-20)22-15(2)13-17(4)25(8,27)19(22)6/h9-13,18-19,23,26-27H,1-8H3.